The quantitative estimate of drug-likeness (QED) is 0.687. The lowest BCUT2D eigenvalue weighted by atomic mass is 9.94. The van der Waals surface area contributed by atoms with Crippen LogP contribution in [0, 0.1) is 0 Å². The van der Waals surface area contributed by atoms with E-state index < -0.39 is 5.54 Å². The zero-order valence-corrected chi connectivity index (χ0v) is 13.6. The maximum Gasteiger partial charge on any atom is 0.237 e. The Morgan fingerprint density at radius 3 is 2.70 bits per heavy atom. The number of piperazine rings is 1. The van der Waals surface area contributed by atoms with Gasteiger partial charge in [0.05, 0.1) is 5.54 Å². The highest BCUT2D eigenvalue weighted by Crippen LogP contribution is 2.14. The second-order valence-electron chi connectivity index (χ2n) is 6.36. The van der Waals surface area contributed by atoms with Gasteiger partial charge in [0, 0.05) is 25.7 Å². The molecule has 2 atom stereocenters. The highest BCUT2D eigenvalue weighted by atomic mass is 16.1. The number of nitrogens with two attached hydrogens (primary N) is 1. The molecule has 1 aliphatic rings. The summed E-state index contributed by atoms with van der Waals surface area (Å²) in [6, 6.07) is 0.615. The monoisotopic (exact) mass is 284 g/mol. The van der Waals surface area contributed by atoms with Crippen molar-refractivity contribution >= 4 is 5.91 Å². The number of hydrogen-bond acceptors (Lipinski definition) is 4. The molecule has 1 saturated heterocycles. The Labute approximate surface area is 123 Å². The highest BCUT2D eigenvalue weighted by Gasteiger charge is 2.30. The summed E-state index contributed by atoms with van der Waals surface area (Å²) in [4.78, 5) is 16.5. The molecule has 0 spiro atoms. The molecule has 118 valence electrons. The van der Waals surface area contributed by atoms with E-state index >= 15 is 0 Å². The molecule has 1 rings (SSSR count). The van der Waals surface area contributed by atoms with Crippen molar-refractivity contribution in [2.75, 3.05) is 39.8 Å². The molecule has 5 nitrogen and oxygen atoms in total. The summed E-state index contributed by atoms with van der Waals surface area (Å²) in [7, 11) is 2.18. The van der Waals surface area contributed by atoms with E-state index in [4.69, 9.17) is 5.73 Å². The first-order valence-electron chi connectivity index (χ1n) is 7.86. The van der Waals surface area contributed by atoms with Gasteiger partial charge in [0.25, 0.3) is 0 Å². The Hall–Kier alpha value is -0.650. The Balaban J connectivity index is 2.35. The number of hydrogen-bond donors (Lipinski definition) is 2. The number of carbonyl (C=O) groups is 1. The van der Waals surface area contributed by atoms with E-state index in [-0.39, 0.29) is 5.91 Å². The van der Waals surface area contributed by atoms with Crippen LogP contribution in [0.3, 0.4) is 0 Å². The predicted molar refractivity (Wildman–Crippen MR) is 83.7 cm³/mol. The average molecular weight is 284 g/mol. The normalized spacial score (nSPS) is 24.5. The zero-order chi connectivity index (χ0) is 15.2. The molecule has 0 aliphatic carbocycles. The Morgan fingerprint density at radius 1 is 1.45 bits per heavy atom. The molecule has 1 heterocycles. The van der Waals surface area contributed by atoms with Gasteiger partial charge in [0.15, 0.2) is 0 Å². The summed E-state index contributed by atoms with van der Waals surface area (Å²) in [5.74, 6) is -0.238. The SMILES string of the molecule is CCCNC(C)(CCCN1CCN(C)C(C)C1)C(N)=O. The third-order valence-corrected chi connectivity index (χ3v) is 4.50. The van der Waals surface area contributed by atoms with Gasteiger partial charge in [0.1, 0.15) is 0 Å². The molecule has 0 radical (unpaired) electrons. The summed E-state index contributed by atoms with van der Waals surface area (Å²) < 4.78 is 0. The van der Waals surface area contributed by atoms with Crippen LogP contribution in [-0.2, 0) is 4.79 Å². The van der Waals surface area contributed by atoms with E-state index in [9.17, 15) is 4.79 Å². The number of carbonyl (C=O) groups excluding carboxylic acids is 1. The van der Waals surface area contributed by atoms with Crippen LogP contribution in [0.1, 0.15) is 40.0 Å². The van der Waals surface area contributed by atoms with Gasteiger partial charge < -0.3 is 20.9 Å². The lowest BCUT2D eigenvalue weighted by Crippen LogP contribution is -2.54. The number of likely N-dealkylation sites (N-methyl/N-ethyl adjacent to an activating group) is 1. The molecular weight excluding hydrogens is 252 g/mol. The minimum absolute atomic E-state index is 0.238. The van der Waals surface area contributed by atoms with Crippen molar-refractivity contribution in [3.8, 4) is 0 Å². The van der Waals surface area contributed by atoms with Crippen molar-refractivity contribution in [1.29, 1.82) is 0 Å². The molecule has 0 aromatic rings. The van der Waals surface area contributed by atoms with E-state index in [1.165, 1.54) is 0 Å². The highest BCUT2D eigenvalue weighted by molar-refractivity contribution is 5.84. The molecular formula is C15H32N4O. The minimum atomic E-state index is -0.561. The number of nitrogens with zero attached hydrogens (tertiary/aromatic N) is 2. The average Bonchev–Trinajstić information content (AvgIpc) is 2.40. The molecule has 0 aromatic heterocycles. The Bertz CT molecular complexity index is 310. The van der Waals surface area contributed by atoms with Crippen molar-refractivity contribution in [1.82, 2.24) is 15.1 Å². The molecule has 5 heteroatoms. The van der Waals surface area contributed by atoms with Crippen molar-refractivity contribution in [2.24, 2.45) is 5.73 Å². The molecule has 0 bridgehead atoms. The van der Waals surface area contributed by atoms with Gasteiger partial charge in [-0.15, -0.1) is 0 Å². The second-order valence-corrected chi connectivity index (χ2v) is 6.36. The van der Waals surface area contributed by atoms with Crippen LogP contribution in [-0.4, -0.2) is 67.1 Å². The minimum Gasteiger partial charge on any atom is -0.368 e. The van der Waals surface area contributed by atoms with Crippen LogP contribution in [0.5, 0.6) is 0 Å². The number of rotatable bonds is 8. The van der Waals surface area contributed by atoms with Gasteiger partial charge in [-0.05, 0) is 53.2 Å². The van der Waals surface area contributed by atoms with Crippen molar-refractivity contribution in [3.05, 3.63) is 0 Å². The van der Waals surface area contributed by atoms with E-state index in [1.807, 2.05) is 6.92 Å². The number of primary amides is 1. The van der Waals surface area contributed by atoms with E-state index in [0.717, 1.165) is 52.0 Å². The van der Waals surface area contributed by atoms with E-state index in [1.54, 1.807) is 0 Å². The third kappa shape index (κ3) is 5.04. The van der Waals surface area contributed by atoms with Crippen LogP contribution in [0.15, 0.2) is 0 Å². The predicted octanol–water partition coefficient (Wildman–Crippen LogP) is 0.646. The number of nitrogens with one attached hydrogen (secondary N) is 1. The Kier molecular flexibility index (Phi) is 6.92. The van der Waals surface area contributed by atoms with Gasteiger partial charge >= 0.3 is 0 Å². The largest absolute Gasteiger partial charge is 0.368 e. The summed E-state index contributed by atoms with van der Waals surface area (Å²) in [5.41, 5.74) is 4.99. The first kappa shape index (κ1) is 17.4. The molecule has 1 aliphatic heterocycles. The maximum absolute atomic E-state index is 11.6. The lowest BCUT2D eigenvalue weighted by Gasteiger charge is -2.38. The summed E-state index contributed by atoms with van der Waals surface area (Å²) in [5, 5.41) is 3.30. The van der Waals surface area contributed by atoms with Gasteiger partial charge in [-0.1, -0.05) is 6.92 Å². The van der Waals surface area contributed by atoms with Crippen LogP contribution in [0.2, 0.25) is 0 Å². The summed E-state index contributed by atoms with van der Waals surface area (Å²) >= 11 is 0. The first-order chi connectivity index (χ1) is 9.39. The van der Waals surface area contributed by atoms with Crippen molar-refractivity contribution in [2.45, 2.75) is 51.6 Å². The fourth-order valence-electron chi connectivity index (χ4n) is 2.68. The smallest absolute Gasteiger partial charge is 0.237 e. The first-order valence-corrected chi connectivity index (χ1v) is 7.86. The van der Waals surface area contributed by atoms with Crippen molar-refractivity contribution < 1.29 is 4.79 Å². The van der Waals surface area contributed by atoms with Gasteiger partial charge in [0.2, 0.25) is 5.91 Å². The summed E-state index contributed by atoms with van der Waals surface area (Å²) in [6.07, 6.45) is 2.83. The van der Waals surface area contributed by atoms with E-state index in [0.29, 0.717) is 6.04 Å². The van der Waals surface area contributed by atoms with Crippen LogP contribution >= 0.6 is 0 Å². The zero-order valence-electron chi connectivity index (χ0n) is 13.6. The van der Waals surface area contributed by atoms with Crippen molar-refractivity contribution in [3.63, 3.8) is 0 Å². The fraction of sp³-hybridized carbons (Fsp3) is 0.933. The number of amides is 1. The van der Waals surface area contributed by atoms with Crippen LogP contribution < -0.4 is 11.1 Å². The van der Waals surface area contributed by atoms with Gasteiger partial charge in [-0.25, -0.2) is 0 Å². The standard InChI is InChI=1S/C15H32N4O/c1-5-8-17-15(3,14(16)20)7-6-9-19-11-10-18(4)13(2)12-19/h13,17H,5-12H2,1-4H3,(H2,16,20). The van der Waals surface area contributed by atoms with Gasteiger partial charge in [-0.3, -0.25) is 4.79 Å². The van der Waals surface area contributed by atoms with Crippen LogP contribution in [0.25, 0.3) is 0 Å². The second kappa shape index (κ2) is 7.96. The fourth-order valence-corrected chi connectivity index (χ4v) is 2.68. The molecule has 3 N–H and O–H groups in total. The van der Waals surface area contributed by atoms with Gasteiger partial charge in [-0.2, -0.15) is 0 Å². The molecule has 0 saturated carbocycles. The summed E-state index contributed by atoms with van der Waals surface area (Å²) in [6.45, 7) is 11.5. The third-order valence-electron chi connectivity index (χ3n) is 4.50. The molecule has 1 fully saturated rings. The lowest BCUT2D eigenvalue weighted by molar-refractivity contribution is -0.124. The topological polar surface area (TPSA) is 61.6 Å². The molecule has 20 heavy (non-hydrogen) atoms. The maximum atomic E-state index is 11.6. The Morgan fingerprint density at radius 2 is 2.15 bits per heavy atom. The molecule has 2 unspecified atom stereocenters. The van der Waals surface area contributed by atoms with E-state index in [2.05, 4.69) is 36.0 Å². The molecule has 1 amide bonds. The van der Waals surface area contributed by atoms with Crippen LogP contribution in [0.4, 0.5) is 0 Å². The molecule has 0 aromatic carbocycles.